The van der Waals surface area contributed by atoms with Gasteiger partial charge in [0.2, 0.25) is 0 Å². The summed E-state index contributed by atoms with van der Waals surface area (Å²) in [5, 5.41) is 7.08. The summed E-state index contributed by atoms with van der Waals surface area (Å²) in [4.78, 5) is 21.7. The molecule has 4 aromatic rings. The van der Waals surface area contributed by atoms with Crippen molar-refractivity contribution in [3.63, 3.8) is 0 Å². The number of hydrogen-bond acceptors (Lipinski definition) is 6. The van der Waals surface area contributed by atoms with E-state index in [1.54, 1.807) is 35.0 Å². The van der Waals surface area contributed by atoms with Gasteiger partial charge in [-0.3, -0.25) is 9.78 Å². The summed E-state index contributed by atoms with van der Waals surface area (Å²) in [5.41, 5.74) is 4.18. The molecule has 174 valence electrons. The third-order valence-electron chi connectivity index (χ3n) is 6.37. The average molecular weight is 460 g/mol. The molecule has 0 spiro atoms. The molecule has 3 heterocycles. The first-order valence-corrected chi connectivity index (χ1v) is 11.4. The van der Waals surface area contributed by atoms with Crippen molar-refractivity contribution in [1.82, 2.24) is 25.0 Å². The SMILES string of the molecule is CNCc1ccc(-c2cc(-c3nc(-c4ccc(=O)n(C(C)C5CC5)c4)cnc3C)on2)c(F)c1. The van der Waals surface area contributed by atoms with Gasteiger partial charge >= 0.3 is 0 Å². The second-order valence-corrected chi connectivity index (χ2v) is 8.85. The maximum Gasteiger partial charge on any atom is 0.250 e. The number of nitrogens with zero attached hydrogens (tertiary/aromatic N) is 4. The summed E-state index contributed by atoms with van der Waals surface area (Å²) in [6.07, 6.45) is 5.84. The number of aromatic nitrogens is 4. The van der Waals surface area contributed by atoms with Crippen LogP contribution in [0.5, 0.6) is 0 Å². The highest BCUT2D eigenvalue weighted by Crippen LogP contribution is 2.39. The van der Waals surface area contributed by atoms with E-state index in [1.165, 1.54) is 6.07 Å². The highest BCUT2D eigenvalue weighted by molar-refractivity contribution is 5.68. The molecule has 0 amide bonds. The number of benzene rings is 1. The van der Waals surface area contributed by atoms with Gasteiger partial charge in [-0.25, -0.2) is 9.37 Å². The molecule has 34 heavy (non-hydrogen) atoms. The van der Waals surface area contributed by atoms with Gasteiger partial charge in [0.05, 0.1) is 17.6 Å². The molecule has 1 N–H and O–H groups in total. The molecular formula is C26H26FN5O2. The van der Waals surface area contributed by atoms with Crippen LogP contribution in [-0.2, 0) is 6.54 Å². The molecule has 1 fully saturated rings. The minimum Gasteiger partial charge on any atom is -0.354 e. The van der Waals surface area contributed by atoms with Gasteiger partial charge in [0, 0.05) is 42.0 Å². The Morgan fingerprint density at radius 1 is 1.21 bits per heavy atom. The molecule has 1 atom stereocenters. The van der Waals surface area contributed by atoms with E-state index in [2.05, 4.69) is 22.4 Å². The Labute approximate surface area is 196 Å². The van der Waals surface area contributed by atoms with Crippen molar-refractivity contribution in [2.45, 2.75) is 39.3 Å². The van der Waals surface area contributed by atoms with Crippen molar-refractivity contribution < 1.29 is 8.91 Å². The van der Waals surface area contributed by atoms with Crippen molar-refractivity contribution in [2.75, 3.05) is 7.05 Å². The third kappa shape index (κ3) is 4.28. The smallest absolute Gasteiger partial charge is 0.250 e. The second-order valence-electron chi connectivity index (χ2n) is 8.85. The first-order chi connectivity index (χ1) is 16.4. The van der Waals surface area contributed by atoms with Crippen molar-refractivity contribution in [3.05, 3.63) is 76.2 Å². The van der Waals surface area contributed by atoms with Crippen LogP contribution in [0.4, 0.5) is 4.39 Å². The van der Waals surface area contributed by atoms with Gasteiger partial charge in [-0.1, -0.05) is 11.2 Å². The summed E-state index contributed by atoms with van der Waals surface area (Å²) >= 11 is 0. The molecule has 0 aliphatic heterocycles. The van der Waals surface area contributed by atoms with Gasteiger partial charge in [0.1, 0.15) is 17.2 Å². The fourth-order valence-electron chi connectivity index (χ4n) is 4.20. The lowest BCUT2D eigenvalue weighted by Crippen LogP contribution is -2.23. The molecule has 0 radical (unpaired) electrons. The second kappa shape index (κ2) is 8.95. The fraction of sp³-hybridized carbons (Fsp3) is 0.308. The zero-order valence-corrected chi connectivity index (χ0v) is 19.4. The van der Waals surface area contributed by atoms with Crippen LogP contribution in [0.1, 0.15) is 37.1 Å². The van der Waals surface area contributed by atoms with E-state index in [4.69, 9.17) is 9.51 Å². The molecular weight excluding hydrogens is 433 g/mol. The zero-order chi connectivity index (χ0) is 23.8. The Hall–Kier alpha value is -3.65. The number of aryl methyl sites for hydroxylation is 1. The van der Waals surface area contributed by atoms with Crippen LogP contribution < -0.4 is 10.9 Å². The van der Waals surface area contributed by atoms with Crippen molar-refractivity contribution in [1.29, 1.82) is 0 Å². The topological polar surface area (TPSA) is 85.8 Å². The van der Waals surface area contributed by atoms with Crippen LogP contribution in [0.15, 0.2) is 58.1 Å². The molecule has 7 nitrogen and oxygen atoms in total. The van der Waals surface area contributed by atoms with Gasteiger partial charge < -0.3 is 14.4 Å². The minimum atomic E-state index is -0.365. The van der Waals surface area contributed by atoms with E-state index >= 15 is 0 Å². The number of pyridine rings is 1. The maximum absolute atomic E-state index is 14.7. The summed E-state index contributed by atoms with van der Waals surface area (Å²) in [7, 11) is 1.81. The number of nitrogens with one attached hydrogen (secondary N) is 1. The summed E-state index contributed by atoms with van der Waals surface area (Å²) in [5.74, 6) is 0.587. The molecule has 1 saturated carbocycles. The first kappa shape index (κ1) is 22.2. The van der Waals surface area contributed by atoms with E-state index in [-0.39, 0.29) is 17.4 Å². The van der Waals surface area contributed by atoms with E-state index in [0.29, 0.717) is 46.6 Å². The number of hydrogen-bond donors (Lipinski definition) is 1. The molecule has 8 heteroatoms. The Morgan fingerprint density at radius 2 is 2.03 bits per heavy atom. The van der Waals surface area contributed by atoms with Crippen LogP contribution in [0.25, 0.3) is 34.0 Å². The van der Waals surface area contributed by atoms with E-state index in [1.807, 2.05) is 26.2 Å². The van der Waals surface area contributed by atoms with Crippen molar-refractivity contribution in [2.24, 2.45) is 5.92 Å². The Balaban J connectivity index is 1.48. The molecule has 0 saturated heterocycles. The van der Waals surface area contributed by atoms with Crippen LogP contribution in [0.2, 0.25) is 0 Å². The average Bonchev–Trinajstić information content (AvgIpc) is 3.57. The van der Waals surface area contributed by atoms with Gasteiger partial charge in [0.25, 0.3) is 5.56 Å². The van der Waals surface area contributed by atoms with Gasteiger partial charge in [-0.2, -0.15) is 0 Å². The highest BCUT2D eigenvalue weighted by Gasteiger charge is 2.29. The van der Waals surface area contributed by atoms with Crippen molar-refractivity contribution in [3.8, 4) is 34.0 Å². The third-order valence-corrected chi connectivity index (χ3v) is 6.37. The Bertz CT molecular complexity index is 1410. The largest absolute Gasteiger partial charge is 0.354 e. The van der Waals surface area contributed by atoms with Gasteiger partial charge in [0.15, 0.2) is 5.76 Å². The van der Waals surface area contributed by atoms with Crippen LogP contribution in [0.3, 0.4) is 0 Å². The Kier molecular flexibility index (Phi) is 5.83. The standard InChI is InChI=1S/C26H26FN5O2/c1-15-26(24-11-22(31-34-24)20-8-4-17(12-28-3)10-21(20)27)30-23(13-29-15)19-7-9-25(33)32(14-19)16(2)18-5-6-18/h4,7-11,13-14,16,18,28H,5-6,12H2,1-3H3. The van der Waals surface area contributed by atoms with Gasteiger partial charge in [-0.15, -0.1) is 0 Å². The molecule has 1 aliphatic carbocycles. The zero-order valence-electron chi connectivity index (χ0n) is 19.4. The van der Waals surface area contributed by atoms with Crippen LogP contribution in [-0.4, -0.2) is 26.7 Å². The number of halogens is 1. The normalized spacial score (nSPS) is 14.4. The molecule has 1 aliphatic rings. The molecule has 1 aromatic carbocycles. The highest BCUT2D eigenvalue weighted by atomic mass is 19.1. The summed E-state index contributed by atoms with van der Waals surface area (Å²) < 4.78 is 22.0. The monoisotopic (exact) mass is 459 g/mol. The van der Waals surface area contributed by atoms with E-state index < -0.39 is 0 Å². The minimum absolute atomic E-state index is 0.0221. The maximum atomic E-state index is 14.7. The quantitative estimate of drug-likeness (QED) is 0.429. The predicted octanol–water partition coefficient (Wildman–Crippen LogP) is 4.77. The molecule has 0 bridgehead atoms. The van der Waals surface area contributed by atoms with Crippen molar-refractivity contribution >= 4 is 0 Å². The van der Waals surface area contributed by atoms with Gasteiger partial charge in [-0.05, 0) is 63.4 Å². The molecule has 1 unspecified atom stereocenters. The lowest BCUT2D eigenvalue weighted by Gasteiger charge is -2.15. The van der Waals surface area contributed by atoms with E-state index in [9.17, 15) is 9.18 Å². The summed E-state index contributed by atoms with van der Waals surface area (Å²) in [6, 6.07) is 10.2. The summed E-state index contributed by atoms with van der Waals surface area (Å²) in [6.45, 7) is 4.49. The molecule has 3 aromatic heterocycles. The lowest BCUT2D eigenvalue weighted by atomic mass is 10.1. The van der Waals surface area contributed by atoms with E-state index in [0.717, 1.165) is 24.0 Å². The molecule has 5 rings (SSSR count). The lowest BCUT2D eigenvalue weighted by molar-refractivity contribution is 0.432. The number of rotatable bonds is 7. The fourth-order valence-corrected chi connectivity index (χ4v) is 4.20. The Morgan fingerprint density at radius 3 is 2.76 bits per heavy atom. The first-order valence-electron chi connectivity index (χ1n) is 11.4. The van der Waals surface area contributed by atoms with Crippen LogP contribution >= 0.6 is 0 Å². The predicted molar refractivity (Wildman–Crippen MR) is 128 cm³/mol. The van der Waals surface area contributed by atoms with Crippen LogP contribution in [0, 0.1) is 18.7 Å².